The summed E-state index contributed by atoms with van der Waals surface area (Å²) >= 11 is 7.69. The summed E-state index contributed by atoms with van der Waals surface area (Å²) < 4.78 is 7.75. The fourth-order valence-electron chi connectivity index (χ4n) is 3.53. The maximum Gasteiger partial charge on any atom is 0.263 e. The lowest BCUT2D eigenvalue weighted by atomic mass is 10.1. The average Bonchev–Trinajstić information content (AvgIpc) is 3.35. The molecule has 0 bridgehead atoms. The van der Waals surface area contributed by atoms with Crippen molar-refractivity contribution in [3.63, 3.8) is 0 Å². The van der Waals surface area contributed by atoms with E-state index in [0.717, 1.165) is 17.8 Å². The largest absolute Gasteiger partial charge is 0.477 e. The molecule has 1 atom stereocenters. The van der Waals surface area contributed by atoms with E-state index < -0.39 is 6.10 Å². The summed E-state index contributed by atoms with van der Waals surface area (Å²) in [5.74, 6) is 0.0175. The number of hydrogen-bond acceptors (Lipinski definition) is 5. The topological polar surface area (TPSA) is 75.9 Å². The van der Waals surface area contributed by atoms with E-state index >= 15 is 0 Å². The molecule has 1 aliphatic rings. The van der Waals surface area contributed by atoms with Crippen molar-refractivity contribution in [2.24, 2.45) is 0 Å². The molecule has 3 heterocycles. The van der Waals surface area contributed by atoms with Crippen molar-refractivity contribution >= 4 is 51.5 Å². The van der Waals surface area contributed by atoms with Crippen LogP contribution in [0.4, 0.5) is 5.69 Å². The molecule has 0 saturated carbocycles. The maximum absolute atomic E-state index is 13.1. The number of nitrogens with zero attached hydrogens (tertiary/aromatic N) is 3. The quantitative estimate of drug-likeness (QED) is 0.563. The first-order valence-electron chi connectivity index (χ1n) is 10.2. The zero-order valence-electron chi connectivity index (χ0n) is 17.2. The van der Waals surface area contributed by atoms with Gasteiger partial charge in [-0.25, -0.2) is 4.98 Å². The Bertz CT molecular complexity index is 1130. The van der Waals surface area contributed by atoms with Crippen molar-refractivity contribution in [1.29, 1.82) is 0 Å². The Hall–Kier alpha value is -2.84. The Balaban J connectivity index is 1.58. The molecule has 31 heavy (non-hydrogen) atoms. The zero-order valence-corrected chi connectivity index (χ0v) is 18.8. The fourth-order valence-corrected chi connectivity index (χ4v) is 4.54. The smallest absolute Gasteiger partial charge is 0.263 e. The molecule has 2 amide bonds. The first-order valence-corrected chi connectivity index (χ1v) is 11.4. The Kier molecular flexibility index (Phi) is 6.29. The summed E-state index contributed by atoms with van der Waals surface area (Å²) in [6.45, 7) is 4.18. The minimum atomic E-state index is -0.782. The van der Waals surface area contributed by atoms with Crippen LogP contribution in [-0.4, -0.2) is 39.9 Å². The number of amides is 2. The van der Waals surface area contributed by atoms with Crippen LogP contribution in [-0.2, 0) is 9.59 Å². The maximum atomic E-state index is 13.1. The van der Waals surface area contributed by atoms with E-state index in [1.807, 2.05) is 42.0 Å². The summed E-state index contributed by atoms with van der Waals surface area (Å²) in [6.07, 6.45) is 5.83. The highest BCUT2D eigenvalue weighted by atomic mass is 35.5. The summed E-state index contributed by atoms with van der Waals surface area (Å²) in [5.41, 5.74) is 1.26. The molecule has 3 aromatic rings. The van der Waals surface area contributed by atoms with Gasteiger partial charge in [-0.15, -0.1) is 11.3 Å². The number of nitrogens with one attached hydrogen (secondary N) is 1. The molecule has 1 aromatic carbocycles. The summed E-state index contributed by atoms with van der Waals surface area (Å²) in [6, 6.07) is 7.30. The van der Waals surface area contributed by atoms with Crippen LogP contribution in [0.3, 0.4) is 0 Å². The number of rotatable bonds is 6. The average molecular weight is 459 g/mol. The lowest BCUT2D eigenvalue weighted by molar-refractivity contribution is -0.129. The molecule has 9 heteroatoms. The first kappa shape index (κ1) is 21.4. The number of carbonyl (C=O) groups excluding carboxylic acids is 2. The highest BCUT2D eigenvalue weighted by Crippen LogP contribution is 2.33. The number of ether oxygens (including phenoxy) is 1. The molecular weight excluding hydrogens is 436 g/mol. The van der Waals surface area contributed by atoms with Crippen molar-refractivity contribution in [3.05, 3.63) is 52.8 Å². The number of para-hydroxylation sites is 2. The van der Waals surface area contributed by atoms with Crippen LogP contribution in [0, 0.1) is 0 Å². The van der Waals surface area contributed by atoms with Crippen LogP contribution in [0.5, 0.6) is 5.75 Å². The highest BCUT2D eigenvalue weighted by Gasteiger charge is 2.33. The number of benzene rings is 1. The van der Waals surface area contributed by atoms with Gasteiger partial charge in [-0.05, 0) is 31.1 Å². The van der Waals surface area contributed by atoms with Gasteiger partial charge in [0.2, 0.25) is 0 Å². The molecular formula is C22H23ClN4O3S. The normalized spacial score (nSPS) is 16.0. The Morgan fingerprint density at radius 3 is 2.90 bits per heavy atom. The number of imidazole rings is 1. The number of halogens is 1. The molecule has 0 radical (unpaired) electrons. The van der Waals surface area contributed by atoms with Crippen LogP contribution in [0.1, 0.15) is 32.4 Å². The molecule has 0 saturated heterocycles. The van der Waals surface area contributed by atoms with E-state index in [2.05, 4.69) is 10.3 Å². The second kappa shape index (κ2) is 9.11. The van der Waals surface area contributed by atoms with Gasteiger partial charge < -0.3 is 15.0 Å². The third kappa shape index (κ3) is 4.31. The van der Waals surface area contributed by atoms with Crippen molar-refractivity contribution in [2.45, 2.75) is 38.8 Å². The van der Waals surface area contributed by atoms with Gasteiger partial charge in [0.1, 0.15) is 5.75 Å². The molecule has 0 spiro atoms. The molecule has 0 aliphatic carbocycles. The summed E-state index contributed by atoms with van der Waals surface area (Å²) in [5, 5.41) is 5.24. The van der Waals surface area contributed by atoms with E-state index in [1.54, 1.807) is 23.1 Å². The van der Waals surface area contributed by atoms with Crippen molar-refractivity contribution < 1.29 is 14.3 Å². The number of fused-ring (bicyclic) bond motifs is 2. The van der Waals surface area contributed by atoms with Gasteiger partial charge in [0, 0.05) is 23.7 Å². The molecule has 1 aliphatic heterocycles. The van der Waals surface area contributed by atoms with Crippen LogP contribution >= 0.6 is 22.9 Å². The second-order valence-corrected chi connectivity index (χ2v) is 8.45. The summed E-state index contributed by atoms with van der Waals surface area (Å²) in [7, 11) is 0. The molecule has 2 aromatic heterocycles. The predicted molar refractivity (Wildman–Crippen MR) is 123 cm³/mol. The molecule has 162 valence electrons. The lowest BCUT2D eigenvalue weighted by Crippen LogP contribution is -2.52. The predicted octanol–water partition coefficient (Wildman–Crippen LogP) is 4.16. The first-order chi connectivity index (χ1) is 15.0. The minimum absolute atomic E-state index is 0.0781. The van der Waals surface area contributed by atoms with Crippen molar-refractivity contribution in [1.82, 2.24) is 14.7 Å². The van der Waals surface area contributed by atoms with Gasteiger partial charge in [-0.1, -0.05) is 37.6 Å². The third-order valence-electron chi connectivity index (χ3n) is 5.30. The Morgan fingerprint density at radius 2 is 2.13 bits per heavy atom. The highest BCUT2D eigenvalue weighted by molar-refractivity contribution is 7.15. The molecule has 1 unspecified atom stereocenters. The van der Waals surface area contributed by atoms with E-state index in [4.69, 9.17) is 16.3 Å². The van der Waals surface area contributed by atoms with Crippen molar-refractivity contribution in [3.8, 4) is 5.75 Å². The molecule has 0 fully saturated rings. The number of thiazole rings is 1. The van der Waals surface area contributed by atoms with Crippen molar-refractivity contribution in [2.75, 3.05) is 11.4 Å². The van der Waals surface area contributed by atoms with Gasteiger partial charge in [0.05, 0.1) is 17.9 Å². The number of anilines is 1. The lowest BCUT2D eigenvalue weighted by Gasteiger charge is -2.34. The standard InChI is InChI=1S/C22H23ClN4O3S/c1-3-14(4-2)24-21(29)18-13-27(15-7-5-6-8-17(15)30-18)19(28)10-9-16-20(23)25-22-26(16)11-12-31-22/h5-12,14,18H,3-4,13H2,1-2H3,(H,24,29)/b10-9+. The number of hydrogen-bond donors (Lipinski definition) is 1. The molecule has 4 rings (SSSR count). The number of aromatic nitrogens is 2. The van der Waals surface area contributed by atoms with Gasteiger partial charge in [-0.3, -0.25) is 14.0 Å². The summed E-state index contributed by atoms with van der Waals surface area (Å²) in [4.78, 5) is 32.5. The number of carbonyl (C=O) groups is 2. The Labute approximate surface area is 189 Å². The second-order valence-electron chi connectivity index (χ2n) is 7.22. The molecule has 1 N–H and O–H groups in total. The van der Waals surface area contributed by atoms with E-state index in [-0.39, 0.29) is 24.4 Å². The van der Waals surface area contributed by atoms with Gasteiger partial charge in [0.25, 0.3) is 11.8 Å². The van der Waals surface area contributed by atoms with E-state index in [0.29, 0.717) is 22.3 Å². The SMILES string of the molecule is CCC(CC)NC(=O)C1CN(C(=O)/C=C/c2c(Cl)nc3sccn23)c2ccccc2O1. The van der Waals surface area contributed by atoms with Crippen LogP contribution in [0.2, 0.25) is 5.15 Å². The fraction of sp³-hybridized carbons (Fsp3) is 0.318. The third-order valence-corrected chi connectivity index (χ3v) is 6.34. The minimum Gasteiger partial charge on any atom is -0.477 e. The molecule has 7 nitrogen and oxygen atoms in total. The van der Waals surface area contributed by atoms with Crippen LogP contribution in [0.25, 0.3) is 11.0 Å². The monoisotopic (exact) mass is 458 g/mol. The van der Waals surface area contributed by atoms with Gasteiger partial charge in [-0.2, -0.15) is 0 Å². The van der Waals surface area contributed by atoms with Crippen LogP contribution in [0.15, 0.2) is 41.9 Å². The zero-order chi connectivity index (χ0) is 22.0. The van der Waals surface area contributed by atoms with Gasteiger partial charge in [0.15, 0.2) is 16.2 Å². The van der Waals surface area contributed by atoms with Crippen LogP contribution < -0.4 is 15.0 Å². The van der Waals surface area contributed by atoms with E-state index in [9.17, 15) is 9.59 Å². The Morgan fingerprint density at radius 1 is 1.35 bits per heavy atom. The van der Waals surface area contributed by atoms with E-state index in [1.165, 1.54) is 17.4 Å². The van der Waals surface area contributed by atoms with Gasteiger partial charge >= 0.3 is 0 Å².